The summed E-state index contributed by atoms with van der Waals surface area (Å²) in [6, 6.07) is 16.7. The summed E-state index contributed by atoms with van der Waals surface area (Å²) in [5.41, 5.74) is 3.12. The molecular formula is C18H11ClN2O2S. The second-order valence-corrected chi connectivity index (χ2v) is 6.50. The van der Waals surface area contributed by atoms with E-state index in [2.05, 4.69) is 4.98 Å². The van der Waals surface area contributed by atoms with E-state index in [-0.39, 0.29) is 5.69 Å². The lowest BCUT2D eigenvalue weighted by molar-refractivity contribution is 0.0690. The zero-order valence-corrected chi connectivity index (χ0v) is 13.9. The second-order valence-electron chi connectivity index (χ2n) is 5.23. The first-order chi connectivity index (χ1) is 11.6. The van der Waals surface area contributed by atoms with Crippen LogP contribution in [0.3, 0.4) is 0 Å². The molecule has 4 aromatic rings. The molecule has 0 fully saturated rings. The number of hydrogen-bond donors (Lipinski definition) is 1. The maximum absolute atomic E-state index is 11.9. The summed E-state index contributed by atoms with van der Waals surface area (Å²) >= 11 is 7.36. The molecule has 0 atom stereocenters. The van der Waals surface area contributed by atoms with Crippen LogP contribution in [-0.2, 0) is 0 Å². The Bertz CT molecular complexity index is 1040. The number of nitrogens with zero attached hydrogens (tertiary/aromatic N) is 2. The van der Waals surface area contributed by atoms with Gasteiger partial charge in [0.05, 0.1) is 5.69 Å². The van der Waals surface area contributed by atoms with Gasteiger partial charge in [0.25, 0.3) is 0 Å². The van der Waals surface area contributed by atoms with Gasteiger partial charge in [-0.3, -0.25) is 4.40 Å². The summed E-state index contributed by atoms with van der Waals surface area (Å²) in [4.78, 5) is 17.1. The van der Waals surface area contributed by atoms with E-state index < -0.39 is 5.97 Å². The van der Waals surface area contributed by atoms with Gasteiger partial charge in [0, 0.05) is 16.0 Å². The average molecular weight is 355 g/mol. The number of carboxylic acid groups (broad SMARTS) is 1. The zero-order chi connectivity index (χ0) is 16.7. The highest BCUT2D eigenvalue weighted by molar-refractivity contribution is 7.15. The summed E-state index contributed by atoms with van der Waals surface area (Å²) in [7, 11) is 0. The zero-order valence-electron chi connectivity index (χ0n) is 12.3. The Kier molecular flexibility index (Phi) is 3.59. The summed E-state index contributed by atoms with van der Waals surface area (Å²) < 4.78 is 1.69. The molecule has 0 unspecified atom stereocenters. The highest BCUT2D eigenvalue weighted by Gasteiger charge is 2.23. The van der Waals surface area contributed by atoms with E-state index in [0.717, 1.165) is 16.8 Å². The number of hydrogen-bond acceptors (Lipinski definition) is 3. The molecule has 4 nitrogen and oxygen atoms in total. The Morgan fingerprint density at radius 3 is 2.42 bits per heavy atom. The summed E-state index contributed by atoms with van der Waals surface area (Å²) in [6.07, 6.45) is 0. The fourth-order valence-electron chi connectivity index (χ4n) is 2.68. The van der Waals surface area contributed by atoms with Crippen molar-refractivity contribution in [1.29, 1.82) is 0 Å². The predicted molar refractivity (Wildman–Crippen MR) is 95.9 cm³/mol. The number of imidazole rings is 1. The minimum absolute atomic E-state index is 0.169. The van der Waals surface area contributed by atoms with Gasteiger partial charge in [-0.15, -0.1) is 11.3 Å². The van der Waals surface area contributed by atoms with Crippen LogP contribution in [0.4, 0.5) is 0 Å². The lowest BCUT2D eigenvalue weighted by Gasteiger charge is -2.04. The van der Waals surface area contributed by atoms with E-state index in [0.29, 0.717) is 15.7 Å². The van der Waals surface area contributed by atoms with Gasteiger partial charge in [0.2, 0.25) is 0 Å². The molecule has 118 valence electrons. The van der Waals surface area contributed by atoms with Crippen LogP contribution in [0.1, 0.15) is 10.5 Å². The SMILES string of the molecule is O=C(O)c1c(-c2ccccc2)nc2scc(-c3ccc(Cl)cc3)n12. The summed E-state index contributed by atoms with van der Waals surface area (Å²) in [5.74, 6) is -1.00. The van der Waals surface area contributed by atoms with Crippen LogP contribution >= 0.6 is 22.9 Å². The van der Waals surface area contributed by atoms with Crippen molar-refractivity contribution in [1.82, 2.24) is 9.38 Å². The largest absolute Gasteiger partial charge is 0.476 e. The monoisotopic (exact) mass is 354 g/mol. The first-order valence-corrected chi connectivity index (χ1v) is 8.45. The van der Waals surface area contributed by atoms with Crippen molar-refractivity contribution in [2.24, 2.45) is 0 Å². The summed E-state index contributed by atoms with van der Waals surface area (Å²) in [5, 5.41) is 12.3. The van der Waals surface area contributed by atoms with Crippen molar-refractivity contribution in [3.05, 3.63) is 70.7 Å². The lowest BCUT2D eigenvalue weighted by Crippen LogP contribution is -2.04. The molecule has 0 saturated heterocycles. The normalized spacial score (nSPS) is 11.0. The average Bonchev–Trinajstić information content (AvgIpc) is 3.15. The smallest absolute Gasteiger partial charge is 0.355 e. The van der Waals surface area contributed by atoms with Crippen molar-refractivity contribution in [2.45, 2.75) is 0 Å². The fraction of sp³-hybridized carbons (Fsp3) is 0. The molecule has 0 aliphatic heterocycles. The Balaban J connectivity index is 2.00. The van der Waals surface area contributed by atoms with Crippen molar-refractivity contribution >= 4 is 33.9 Å². The maximum atomic E-state index is 11.9. The fourth-order valence-corrected chi connectivity index (χ4v) is 3.70. The van der Waals surface area contributed by atoms with Crippen molar-refractivity contribution in [2.75, 3.05) is 0 Å². The number of aromatic carboxylic acids is 1. The molecule has 2 heterocycles. The number of carboxylic acids is 1. The number of aromatic nitrogens is 2. The van der Waals surface area contributed by atoms with Gasteiger partial charge < -0.3 is 5.11 Å². The molecule has 1 N–H and O–H groups in total. The van der Waals surface area contributed by atoms with Gasteiger partial charge in [-0.05, 0) is 17.7 Å². The van der Waals surface area contributed by atoms with Crippen LogP contribution in [0.25, 0.3) is 27.5 Å². The number of thiazole rings is 1. The van der Waals surface area contributed by atoms with E-state index in [1.807, 2.05) is 47.8 Å². The molecule has 0 spiro atoms. The molecule has 0 radical (unpaired) electrons. The molecule has 0 saturated carbocycles. The van der Waals surface area contributed by atoms with Crippen LogP contribution in [-0.4, -0.2) is 20.5 Å². The third kappa shape index (κ3) is 2.38. The third-order valence-corrected chi connectivity index (χ3v) is 4.83. The first kappa shape index (κ1) is 14.9. The molecule has 0 amide bonds. The molecule has 0 aliphatic carbocycles. The number of carbonyl (C=O) groups is 1. The number of rotatable bonds is 3. The van der Waals surface area contributed by atoms with Crippen LogP contribution in [0.5, 0.6) is 0 Å². The Hall–Kier alpha value is -2.63. The molecule has 0 aliphatic rings. The summed E-state index contributed by atoms with van der Waals surface area (Å²) in [6.45, 7) is 0. The highest BCUT2D eigenvalue weighted by Crippen LogP contribution is 2.33. The lowest BCUT2D eigenvalue weighted by atomic mass is 10.1. The molecular weight excluding hydrogens is 344 g/mol. The van der Waals surface area contributed by atoms with Crippen LogP contribution in [0, 0.1) is 0 Å². The van der Waals surface area contributed by atoms with Crippen molar-refractivity contribution < 1.29 is 9.90 Å². The Morgan fingerprint density at radius 2 is 1.75 bits per heavy atom. The van der Waals surface area contributed by atoms with Gasteiger partial charge in [-0.1, -0.05) is 54.1 Å². The van der Waals surface area contributed by atoms with Crippen LogP contribution < -0.4 is 0 Å². The molecule has 4 rings (SSSR count). The third-order valence-electron chi connectivity index (χ3n) is 3.75. The van der Waals surface area contributed by atoms with Gasteiger partial charge >= 0.3 is 5.97 Å². The first-order valence-electron chi connectivity index (χ1n) is 7.20. The van der Waals surface area contributed by atoms with Crippen molar-refractivity contribution in [3.8, 4) is 22.5 Å². The molecule has 24 heavy (non-hydrogen) atoms. The highest BCUT2D eigenvalue weighted by atomic mass is 35.5. The standard InChI is InChI=1S/C18H11ClN2O2S/c19-13-8-6-11(7-9-13)14-10-24-18-20-15(12-4-2-1-3-5-12)16(17(22)23)21(14)18/h1-10H,(H,22,23). The van der Waals surface area contributed by atoms with Crippen molar-refractivity contribution in [3.63, 3.8) is 0 Å². The van der Waals surface area contributed by atoms with E-state index in [1.165, 1.54) is 11.3 Å². The van der Waals surface area contributed by atoms with Gasteiger partial charge in [0.1, 0.15) is 5.69 Å². The Labute approximate surface area is 146 Å². The van der Waals surface area contributed by atoms with E-state index in [4.69, 9.17) is 11.6 Å². The quantitative estimate of drug-likeness (QED) is 0.558. The van der Waals surface area contributed by atoms with E-state index >= 15 is 0 Å². The second kappa shape index (κ2) is 5.78. The van der Waals surface area contributed by atoms with Crippen LogP contribution in [0.2, 0.25) is 5.02 Å². The molecule has 2 aromatic heterocycles. The van der Waals surface area contributed by atoms with E-state index in [9.17, 15) is 9.90 Å². The molecule has 0 bridgehead atoms. The number of benzene rings is 2. The van der Waals surface area contributed by atoms with E-state index in [1.54, 1.807) is 16.5 Å². The maximum Gasteiger partial charge on any atom is 0.355 e. The minimum Gasteiger partial charge on any atom is -0.476 e. The van der Waals surface area contributed by atoms with Gasteiger partial charge in [-0.2, -0.15) is 0 Å². The topological polar surface area (TPSA) is 54.6 Å². The molecule has 2 aromatic carbocycles. The van der Waals surface area contributed by atoms with Crippen LogP contribution in [0.15, 0.2) is 60.0 Å². The number of halogens is 1. The van der Waals surface area contributed by atoms with Gasteiger partial charge in [0.15, 0.2) is 10.7 Å². The minimum atomic E-state index is -1.00. The Morgan fingerprint density at radius 1 is 1.04 bits per heavy atom. The van der Waals surface area contributed by atoms with Gasteiger partial charge in [-0.25, -0.2) is 9.78 Å². The molecule has 6 heteroatoms. The number of fused-ring (bicyclic) bond motifs is 1. The predicted octanol–water partition coefficient (Wildman–Crippen LogP) is 5.08.